The molecule has 0 aliphatic rings. The van der Waals surface area contributed by atoms with Crippen molar-refractivity contribution in [3.8, 4) is 0 Å². The van der Waals surface area contributed by atoms with E-state index in [-0.39, 0.29) is 10.8 Å². The van der Waals surface area contributed by atoms with Gasteiger partial charge >= 0.3 is 0 Å². The Morgan fingerprint density at radius 3 is 2.03 bits per heavy atom. The summed E-state index contributed by atoms with van der Waals surface area (Å²) in [6.45, 7) is 5.64. The summed E-state index contributed by atoms with van der Waals surface area (Å²) in [6.07, 6.45) is 1.92. The van der Waals surface area contributed by atoms with Crippen LogP contribution in [0.5, 0.6) is 0 Å². The van der Waals surface area contributed by atoms with E-state index in [4.69, 9.17) is 0 Å². The lowest BCUT2D eigenvalue weighted by molar-refractivity contribution is 0.0920. The fourth-order valence-electron chi connectivity index (χ4n) is 3.26. The van der Waals surface area contributed by atoms with Crippen molar-refractivity contribution in [1.82, 2.24) is 5.32 Å². The van der Waals surface area contributed by atoms with Crippen LogP contribution in [0.4, 0.5) is 11.4 Å². The lowest BCUT2D eigenvalue weighted by Gasteiger charge is -2.21. The summed E-state index contributed by atoms with van der Waals surface area (Å²) in [5.41, 5.74) is 1.06. The summed E-state index contributed by atoms with van der Waals surface area (Å²) in [7, 11) is -2.28. The minimum absolute atomic E-state index is 0.185. The van der Waals surface area contributed by atoms with Gasteiger partial charge in [-0.05, 0) is 87.7 Å². The molecule has 0 fully saturated rings. The lowest BCUT2D eigenvalue weighted by Crippen LogP contribution is -2.40. The zero-order chi connectivity index (χ0) is 25.8. The van der Waals surface area contributed by atoms with E-state index in [1.807, 2.05) is 27.0 Å². The summed E-state index contributed by atoms with van der Waals surface area (Å²) in [5, 5.41) is 5.66. The van der Waals surface area contributed by atoms with Crippen molar-refractivity contribution >= 4 is 45.0 Å². The van der Waals surface area contributed by atoms with Crippen LogP contribution in [0, 0.1) is 0 Å². The molecule has 184 valence electrons. The number of thioether (sulfide) groups is 1. The number of anilines is 2. The van der Waals surface area contributed by atoms with Gasteiger partial charge in [0, 0.05) is 23.0 Å². The number of carbonyl (C=O) groups is 2. The van der Waals surface area contributed by atoms with Gasteiger partial charge in [-0.1, -0.05) is 12.1 Å². The van der Waals surface area contributed by atoms with E-state index in [0.717, 1.165) is 4.90 Å². The number of amides is 2. The van der Waals surface area contributed by atoms with Crippen molar-refractivity contribution in [2.24, 2.45) is 0 Å². The summed E-state index contributed by atoms with van der Waals surface area (Å²) < 4.78 is 27.2. The smallest absolute Gasteiger partial charge is 0.264 e. The van der Waals surface area contributed by atoms with Crippen molar-refractivity contribution in [3.63, 3.8) is 0 Å². The molecule has 0 aliphatic carbocycles. The second kappa shape index (κ2) is 10.5. The highest BCUT2D eigenvalue weighted by molar-refractivity contribution is 7.98. The van der Waals surface area contributed by atoms with Crippen LogP contribution >= 0.6 is 11.8 Å². The summed E-state index contributed by atoms with van der Waals surface area (Å²) in [6, 6.07) is 19.7. The molecule has 0 saturated carbocycles. The molecule has 0 aromatic heterocycles. The number of rotatable bonds is 7. The number of benzene rings is 3. The van der Waals surface area contributed by atoms with Gasteiger partial charge in [0.05, 0.1) is 21.8 Å². The number of sulfonamides is 1. The maximum absolute atomic E-state index is 13.0. The fraction of sp³-hybridized carbons (Fsp3) is 0.231. The predicted octanol–water partition coefficient (Wildman–Crippen LogP) is 5.01. The quantitative estimate of drug-likeness (QED) is 0.435. The Labute approximate surface area is 211 Å². The van der Waals surface area contributed by atoms with Crippen molar-refractivity contribution in [1.29, 1.82) is 0 Å². The van der Waals surface area contributed by atoms with Gasteiger partial charge in [-0.15, -0.1) is 11.8 Å². The average molecular weight is 512 g/mol. The van der Waals surface area contributed by atoms with Gasteiger partial charge in [-0.3, -0.25) is 13.9 Å². The van der Waals surface area contributed by atoms with Gasteiger partial charge < -0.3 is 10.6 Å². The number of hydrogen-bond acceptors (Lipinski definition) is 5. The van der Waals surface area contributed by atoms with E-state index in [1.165, 1.54) is 23.1 Å². The molecule has 0 atom stereocenters. The van der Waals surface area contributed by atoms with Gasteiger partial charge in [0.2, 0.25) is 0 Å². The molecule has 0 bridgehead atoms. The highest BCUT2D eigenvalue weighted by Gasteiger charge is 2.22. The predicted molar refractivity (Wildman–Crippen MR) is 142 cm³/mol. The Morgan fingerprint density at radius 2 is 1.46 bits per heavy atom. The minimum atomic E-state index is -3.75. The molecule has 3 rings (SSSR count). The standard InChI is InChI=1S/C26H29N3O4S2/c1-26(2,3)28-25(31)22-8-6-7-9-23(22)27-24(30)18-10-12-19(13-11-18)29(4)35(32,33)21-16-14-20(34-5)15-17-21/h6-17H,1-5H3,(H,27,30)(H,28,31). The molecule has 3 aromatic carbocycles. The van der Waals surface area contributed by atoms with Crippen LogP contribution in [0.15, 0.2) is 82.6 Å². The molecule has 7 nitrogen and oxygen atoms in total. The van der Waals surface area contributed by atoms with Gasteiger partial charge in [-0.2, -0.15) is 0 Å². The van der Waals surface area contributed by atoms with E-state index in [1.54, 1.807) is 72.8 Å². The highest BCUT2D eigenvalue weighted by Crippen LogP contribution is 2.25. The second-order valence-electron chi connectivity index (χ2n) is 8.90. The number of hydrogen-bond donors (Lipinski definition) is 2. The molecule has 0 radical (unpaired) electrons. The zero-order valence-electron chi connectivity index (χ0n) is 20.3. The van der Waals surface area contributed by atoms with E-state index < -0.39 is 21.5 Å². The SMILES string of the molecule is CSc1ccc(S(=O)(=O)N(C)c2ccc(C(=O)Nc3ccccc3C(=O)NC(C)(C)C)cc2)cc1. The second-order valence-corrected chi connectivity index (χ2v) is 11.7. The normalized spacial score (nSPS) is 11.6. The Bertz CT molecular complexity index is 1310. The van der Waals surface area contributed by atoms with E-state index in [2.05, 4.69) is 10.6 Å². The molecule has 9 heteroatoms. The first kappa shape index (κ1) is 26.3. The first-order valence-corrected chi connectivity index (χ1v) is 13.5. The van der Waals surface area contributed by atoms with E-state index in [9.17, 15) is 18.0 Å². The molecule has 2 amide bonds. The monoisotopic (exact) mass is 511 g/mol. The Balaban J connectivity index is 1.77. The molecular weight excluding hydrogens is 482 g/mol. The molecule has 0 heterocycles. The van der Waals surface area contributed by atoms with Gasteiger partial charge in [0.15, 0.2) is 0 Å². The van der Waals surface area contributed by atoms with Crippen molar-refractivity contribution in [2.75, 3.05) is 22.9 Å². The number of carbonyl (C=O) groups excluding carboxylic acids is 2. The maximum atomic E-state index is 13.0. The average Bonchev–Trinajstić information content (AvgIpc) is 2.83. The van der Waals surface area contributed by atoms with Crippen molar-refractivity contribution < 1.29 is 18.0 Å². The minimum Gasteiger partial charge on any atom is -0.347 e. The third kappa shape index (κ3) is 6.43. The molecule has 0 saturated heterocycles. The molecule has 0 unspecified atom stereocenters. The van der Waals surface area contributed by atoms with Crippen LogP contribution < -0.4 is 14.9 Å². The Kier molecular flexibility index (Phi) is 7.92. The van der Waals surface area contributed by atoms with E-state index in [0.29, 0.717) is 22.5 Å². The zero-order valence-corrected chi connectivity index (χ0v) is 22.0. The maximum Gasteiger partial charge on any atom is 0.264 e. The molecule has 3 aromatic rings. The molecule has 2 N–H and O–H groups in total. The summed E-state index contributed by atoms with van der Waals surface area (Å²) in [5.74, 6) is -0.702. The van der Waals surface area contributed by atoms with E-state index >= 15 is 0 Å². The Hall–Kier alpha value is -3.30. The van der Waals surface area contributed by atoms with Gasteiger partial charge in [-0.25, -0.2) is 8.42 Å². The fourth-order valence-corrected chi connectivity index (χ4v) is 4.86. The largest absolute Gasteiger partial charge is 0.347 e. The Morgan fingerprint density at radius 1 is 0.857 bits per heavy atom. The molecular formula is C26H29N3O4S2. The number of nitrogens with one attached hydrogen (secondary N) is 2. The van der Waals surface area contributed by atoms with Crippen LogP contribution in [-0.2, 0) is 10.0 Å². The van der Waals surface area contributed by atoms with Crippen molar-refractivity contribution in [2.45, 2.75) is 36.1 Å². The third-order valence-electron chi connectivity index (χ3n) is 5.12. The van der Waals surface area contributed by atoms with Crippen LogP contribution in [0.25, 0.3) is 0 Å². The summed E-state index contributed by atoms with van der Waals surface area (Å²) in [4.78, 5) is 26.7. The van der Waals surface area contributed by atoms with Gasteiger partial charge in [0.25, 0.3) is 21.8 Å². The first-order chi connectivity index (χ1) is 16.4. The highest BCUT2D eigenvalue weighted by atomic mass is 32.2. The first-order valence-electron chi connectivity index (χ1n) is 10.9. The van der Waals surface area contributed by atoms with Crippen LogP contribution in [0.2, 0.25) is 0 Å². The molecule has 0 aliphatic heterocycles. The molecule has 35 heavy (non-hydrogen) atoms. The number of nitrogens with zero attached hydrogens (tertiary/aromatic N) is 1. The van der Waals surface area contributed by atoms with Crippen LogP contribution in [0.1, 0.15) is 41.5 Å². The van der Waals surface area contributed by atoms with Gasteiger partial charge in [0.1, 0.15) is 0 Å². The van der Waals surface area contributed by atoms with Crippen LogP contribution in [0.3, 0.4) is 0 Å². The van der Waals surface area contributed by atoms with Crippen LogP contribution in [-0.4, -0.2) is 39.1 Å². The lowest BCUT2D eigenvalue weighted by atomic mass is 10.1. The third-order valence-corrected chi connectivity index (χ3v) is 7.66. The van der Waals surface area contributed by atoms with Crippen molar-refractivity contribution in [3.05, 3.63) is 83.9 Å². The topological polar surface area (TPSA) is 95.6 Å². The number of para-hydroxylation sites is 1. The summed E-state index contributed by atoms with van der Waals surface area (Å²) >= 11 is 1.53. The molecule has 0 spiro atoms.